The van der Waals surface area contributed by atoms with E-state index in [0.29, 0.717) is 0 Å². The van der Waals surface area contributed by atoms with Crippen molar-refractivity contribution in [2.24, 2.45) is 11.8 Å². The van der Waals surface area contributed by atoms with Gasteiger partial charge >= 0.3 is 0 Å². The van der Waals surface area contributed by atoms with E-state index in [-0.39, 0.29) is 0 Å². The van der Waals surface area contributed by atoms with Gasteiger partial charge in [0.15, 0.2) is 0 Å². The lowest BCUT2D eigenvalue weighted by atomic mass is 9.68. The fourth-order valence-electron chi connectivity index (χ4n) is 3.82. The second-order valence-corrected chi connectivity index (χ2v) is 4.89. The minimum Gasteiger partial charge on any atom is -0.300 e. The van der Waals surface area contributed by atoms with E-state index in [9.17, 15) is 0 Å². The first-order chi connectivity index (χ1) is 5.95. The largest absolute Gasteiger partial charge is 0.300 e. The number of hydrogen-bond acceptors (Lipinski definition) is 1. The fraction of sp³-hybridized carbons (Fsp3) is 1.00. The highest BCUT2D eigenvalue weighted by molar-refractivity contribution is 4.95. The van der Waals surface area contributed by atoms with Crippen molar-refractivity contribution in [1.29, 1.82) is 0 Å². The van der Waals surface area contributed by atoms with Gasteiger partial charge in [0.05, 0.1) is 0 Å². The van der Waals surface area contributed by atoms with Gasteiger partial charge in [-0.15, -0.1) is 0 Å². The molecule has 2 atom stereocenters. The molecular weight excluding hydrogens is 146 g/mol. The Morgan fingerprint density at radius 3 is 2.33 bits per heavy atom. The van der Waals surface area contributed by atoms with Crippen LogP contribution in [0.5, 0.6) is 0 Å². The molecule has 4 fully saturated rings. The summed E-state index contributed by atoms with van der Waals surface area (Å²) < 4.78 is 0. The molecule has 0 aromatic rings. The van der Waals surface area contributed by atoms with Crippen LogP contribution in [-0.2, 0) is 0 Å². The van der Waals surface area contributed by atoms with E-state index in [1.54, 1.807) is 6.42 Å². The molecule has 1 nitrogen and oxygen atoms in total. The van der Waals surface area contributed by atoms with Crippen molar-refractivity contribution in [3.8, 4) is 0 Å². The second kappa shape index (κ2) is 2.73. The number of nitrogens with zero attached hydrogens (tertiary/aromatic N) is 1. The molecule has 0 spiro atoms. The summed E-state index contributed by atoms with van der Waals surface area (Å²) in [6, 6.07) is 1.02. The molecule has 0 amide bonds. The summed E-state index contributed by atoms with van der Waals surface area (Å²) in [5, 5.41) is 0. The van der Waals surface area contributed by atoms with E-state index in [2.05, 4.69) is 4.90 Å². The summed E-state index contributed by atoms with van der Waals surface area (Å²) in [5.74, 6) is 2.24. The molecule has 0 N–H and O–H groups in total. The normalized spacial score (nSPS) is 52.0. The van der Waals surface area contributed by atoms with Crippen LogP contribution in [-0.4, -0.2) is 24.0 Å². The SMILES string of the molecule is C1CCC2C(C1)C1CCN2CC1. The summed E-state index contributed by atoms with van der Waals surface area (Å²) in [4.78, 5) is 2.78. The van der Waals surface area contributed by atoms with Crippen molar-refractivity contribution in [1.82, 2.24) is 4.90 Å². The van der Waals surface area contributed by atoms with Crippen LogP contribution in [0, 0.1) is 11.8 Å². The molecule has 2 bridgehead atoms. The first kappa shape index (κ1) is 7.37. The third-order valence-corrected chi connectivity index (χ3v) is 4.43. The molecule has 3 aliphatic heterocycles. The number of fused-ring (bicyclic) bond motifs is 2. The van der Waals surface area contributed by atoms with Crippen LogP contribution >= 0.6 is 0 Å². The second-order valence-electron chi connectivity index (χ2n) is 4.89. The lowest BCUT2D eigenvalue weighted by Gasteiger charge is -2.53. The van der Waals surface area contributed by atoms with Crippen molar-refractivity contribution in [3.63, 3.8) is 0 Å². The van der Waals surface area contributed by atoms with Crippen LogP contribution in [0.2, 0.25) is 0 Å². The van der Waals surface area contributed by atoms with Gasteiger partial charge in [-0.2, -0.15) is 0 Å². The van der Waals surface area contributed by atoms with Gasteiger partial charge in [0.25, 0.3) is 0 Å². The average molecular weight is 165 g/mol. The molecular formula is C11H19N. The van der Waals surface area contributed by atoms with Gasteiger partial charge in [-0.25, -0.2) is 0 Å². The van der Waals surface area contributed by atoms with E-state index in [1.165, 1.54) is 45.2 Å². The van der Waals surface area contributed by atoms with E-state index >= 15 is 0 Å². The number of piperidine rings is 3. The average Bonchev–Trinajstić information content (AvgIpc) is 2.20. The molecule has 1 aliphatic carbocycles. The Morgan fingerprint density at radius 2 is 1.58 bits per heavy atom. The van der Waals surface area contributed by atoms with E-state index in [4.69, 9.17) is 0 Å². The number of hydrogen-bond donors (Lipinski definition) is 0. The summed E-state index contributed by atoms with van der Waals surface area (Å²) in [5.41, 5.74) is 0. The number of rotatable bonds is 0. The van der Waals surface area contributed by atoms with Crippen molar-refractivity contribution < 1.29 is 0 Å². The zero-order chi connectivity index (χ0) is 7.97. The van der Waals surface area contributed by atoms with Crippen molar-refractivity contribution in [3.05, 3.63) is 0 Å². The minimum atomic E-state index is 1.02. The van der Waals surface area contributed by atoms with Gasteiger partial charge in [-0.05, 0) is 50.6 Å². The molecule has 0 aromatic carbocycles. The molecule has 2 unspecified atom stereocenters. The maximum Gasteiger partial charge on any atom is 0.0126 e. The molecule has 1 heteroatoms. The molecule has 68 valence electrons. The maximum absolute atomic E-state index is 2.78. The Labute approximate surface area is 75.1 Å². The first-order valence-electron chi connectivity index (χ1n) is 5.69. The highest BCUT2D eigenvalue weighted by Gasteiger charge is 2.42. The van der Waals surface area contributed by atoms with E-state index < -0.39 is 0 Å². The molecule has 0 radical (unpaired) electrons. The van der Waals surface area contributed by atoms with Crippen LogP contribution in [0.4, 0.5) is 0 Å². The van der Waals surface area contributed by atoms with Gasteiger partial charge in [0.2, 0.25) is 0 Å². The van der Waals surface area contributed by atoms with Gasteiger partial charge in [-0.3, -0.25) is 0 Å². The Balaban J connectivity index is 1.83. The van der Waals surface area contributed by atoms with Crippen molar-refractivity contribution in [2.75, 3.05) is 13.1 Å². The van der Waals surface area contributed by atoms with Crippen LogP contribution in [0.25, 0.3) is 0 Å². The summed E-state index contributed by atoms with van der Waals surface area (Å²) in [7, 11) is 0. The van der Waals surface area contributed by atoms with Crippen LogP contribution in [0.1, 0.15) is 38.5 Å². The predicted octanol–water partition coefficient (Wildman–Crippen LogP) is 2.27. The smallest absolute Gasteiger partial charge is 0.0126 e. The fourth-order valence-corrected chi connectivity index (χ4v) is 3.82. The molecule has 4 aliphatic rings. The monoisotopic (exact) mass is 165 g/mol. The molecule has 4 rings (SSSR count). The summed E-state index contributed by atoms with van der Waals surface area (Å²) in [6.07, 6.45) is 9.12. The standard InChI is InChI=1S/C11H19N/c1-2-4-11-10(3-1)9-5-7-12(11)8-6-9/h9-11H,1-8H2. The molecule has 1 saturated carbocycles. The molecule has 12 heavy (non-hydrogen) atoms. The van der Waals surface area contributed by atoms with Crippen molar-refractivity contribution >= 4 is 0 Å². The predicted molar refractivity (Wildman–Crippen MR) is 50.0 cm³/mol. The van der Waals surface area contributed by atoms with Crippen LogP contribution in [0.15, 0.2) is 0 Å². The first-order valence-corrected chi connectivity index (χ1v) is 5.69. The zero-order valence-corrected chi connectivity index (χ0v) is 7.84. The summed E-state index contributed by atoms with van der Waals surface area (Å²) >= 11 is 0. The van der Waals surface area contributed by atoms with E-state index in [0.717, 1.165) is 17.9 Å². The van der Waals surface area contributed by atoms with Gasteiger partial charge < -0.3 is 4.90 Å². The molecule has 3 saturated heterocycles. The van der Waals surface area contributed by atoms with Crippen LogP contribution in [0.3, 0.4) is 0 Å². The maximum atomic E-state index is 2.78. The van der Waals surface area contributed by atoms with Gasteiger partial charge in [-0.1, -0.05) is 12.8 Å². The van der Waals surface area contributed by atoms with Crippen LogP contribution < -0.4 is 0 Å². The lowest BCUT2D eigenvalue weighted by molar-refractivity contribution is -0.0318. The highest BCUT2D eigenvalue weighted by Crippen LogP contribution is 2.43. The van der Waals surface area contributed by atoms with Gasteiger partial charge in [0.1, 0.15) is 0 Å². The quantitative estimate of drug-likeness (QED) is 0.532. The Bertz CT molecular complexity index is 150. The molecule has 0 aromatic heterocycles. The zero-order valence-electron chi connectivity index (χ0n) is 7.84. The van der Waals surface area contributed by atoms with E-state index in [1.807, 2.05) is 0 Å². The lowest BCUT2D eigenvalue weighted by Crippen LogP contribution is -2.55. The third kappa shape index (κ3) is 0.953. The topological polar surface area (TPSA) is 3.24 Å². The molecule has 3 heterocycles. The Kier molecular flexibility index (Phi) is 1.68. The van der Waals surface area contributed by atoms with Crippen molar-refractivity contribution in [2.45, 2.75) is 44.6 Å². The minimum absolute atomic E-state index is 1.02. The Morgan fingerprint density at radius 1 is 0.833 bits per heavy atom. The third-order valence-electron chi connectivity index (χ3n) is 4.43. The summed E-state index contributed by atoms with van der Waals surface area (Å²) in [6.45, 7) is 2.84. The highest BCUT2D eigenvalue weighted by atomic mass is 15.2. The Hall–Kier alpha value is -0.0400. The van der Waals surface area contributed by atoms with Gasteiger partial charge in [0, 0.05) is 6.04 Å².